The van der Waals surface area contributed by atoms with Crippen LogP contribution >= 0.6 is 12.6 Å². The van der Waals surface area contributed by atoms with Crippen molar-refractivity contribution in [3.63, 3.8) is 0 Å². The fourth-order valence-corrected chi connectivity index (χ4v) is 0.818. The predicted molar refractivity (Wildman–Crippen MR) is 44.0 cm³/mol. The topological polar surface area (TPSA) is 98.0 Å². The summed E-state index contributed by atoms with van der Waals surface area (Å²) in [7, 11) is 0. The van der Waals surface area contributed by atoms with E-state index in [0.717, 1.165) is 0 Å². The molecule has 5 nitrogen and oxygen atoms in total. The number of aliphatic hydroxyl groups is 4. The van der Waals surface area contributed by atoms with E-state index < -0.39 is 30.7 Å². The van der Waals surface area contributed by atoms with E-state index in [1.807, 2.05) is 0 Å². The molecule has 3 atom stereocenters. The van der Waals surface area contributed by atoms with Crippen molar-refractivity contribution < 1.29 is 25.2 Å². The molecular formula is C6H12O5S. The maximum atomic E-state index is 10.6. The Bertz CT molecular complexity index is 151. The Balaban J connectivity index is 4.08. The molecule has 0 radical (unpaired) electrons. The molecule has 6 heteroatoms. The molecule has 0 saturated heterocycles. The van der Waals surface area contributed by atoms with E-state index >= 15 is 0 Å². The second-order valence-corrected chi connectivity index (χ2v) is 2.67. The summed E-state index contributed by atoms with van der Waals surface area (Å²) in [5, 5.41) is 35.1. The molecule has 12 heavy (non-hydrogen) atoms. The lowest BCUT2D eigenvalue weighted by molar-refractivity contribution is -0.140. The Labute approximate surface area is 75.1 Å². The maximum Gasteiger partial charge on any atom is 0.189 e. The fourth-order valence-electron chi connectivity index (χ4n) is 0.602. The maximum absolute atomic E-state index is 10.6. The van der Waals surface area contributed by atoms with Gasteiger partial charge in [-0.15, -0.1) is 0 Å². The SMILES string of the molecule is O=C(CO)C(O)C(O)[C@H](O)CS. The third-order valence-corrected chi connectivity index (χ3v) is 1.76. The molecule has 0 bridgehead atoms. The van der Waals surface area contributed by atoms with Crippen LogP contribution in [0.1, 0.15) is 0 Å². The summed E-state index contributed by atoms with van der Waals surface area (Å²) in [5.41, 5.74) is 0. The smallest absolute Gasteiger partial charge is 0.189 e. The first kappa shape index (κ1) is 11.9. The third-order valence-electron chi connectivity index (χ3n) is 1.39. The molecule has 72 valence electrons. The lowest BCUT2D eigenvalue weighted by Crippen LogP contribution is -2.44. The van der Waals surface area contributed by atoms with Crippen molar-refractivity contribution in [1.29, 1.82) is 0 Å². The number of hydrogen-bond donors (Lipinski definition) is 5. The van der Waals surface area contributed by atoms with Crippen LogP contribution in [0.2, 0.25) is 0 Å². The molecule has 2 unspecified atom stereocenters. The van der Waals surface area contributed by atoms with Crippen molar-refractivity contribution >= 4 is 18.4 Å². The molecule has 0 heterocycles. The van der Waals surface area contributed by atoms with Crippen molar-refractivity contribution in [2.24, 2.45) is 0 Å². The standard InChI is InChI=1S/C6H12O5S/c7-1-3(8)5(10)6(11)4(9)2-12/h4-7,9-12H,1-2H2/t4-,5?,6?/m1/s1. The van der Waals surface area contributed by atoms with Crippen LogP contribution in [0.15, 0.2) is 0 Å². The van der Waals surface area contributed by atoms with Gasteiger partial charge in [-0.3, -0.25) is 4.79 Å². The van der Waals surface area contributed by atoms with Crippen LogP contribution in [0.25, 0.3) is 0 Å². The molecule has 0 aliphatic carbocycles. The molecule has 0 rings (SSSR count). The minimum atomic E-state index is -1.75. The minimum Gasteiger partial charge on any atom is -0.389 e. The Hall–Kier alpha value is -0.140. The lowest BCUT2D eigenvalue weighted by atomic mass is 10.1. The van der Waals surface area contributed by atoms with Gasteiger partial charge in [0, 0.05) is 5.75 Å². The lowest BCUT2D eigenvalue weighted by Gasteiger charge is -2.19. The number of rotatable bonds is 5. The zero-order valence-electron chi connectivity index (χ0n) is 6.29. The normalized spacial score (nSPS) is 18.4. The van der Waals surface area contributed by atoms with Crippen molar-refractivity contribution in [2.45, 2.75) is 18.3 Å². The number of Topliss-reactive ketones (excluding diaryl/α,β-unsaturated/α-hetero) is 1. The molecule has 0 aliphatic rings. The average Bonchev–Trinajstić information content (AvgIpc) is 2.12. The molecule has 0 aromatic heterocycles. The van der Waals surface area contributed by atoms with E-state index in [4.69, 9.17) is 20.4 Å². The Morgan fingerprint density at radius 1 is 1.33 bits per heavy atom. The van der Waals surface area contributed by atoms with Crippen LogP contribution in [-0.2, 0) is 4.79 Å². The number of aliphatic hydroxyl groups excluding tert-OH is 4. The zero-order chi connectivity index (χ0) is 9.72. The molecule has 0 aliphatic heterocycles. The van der Waals surface area contributed by atoms with Gasteiger partial charge >= 0.3 is 0 Å². The van der Waals surface area contributed by atoms with Crippen LogP contribution in [0.4, 0.5) is 0 Å². The summed E-state index contributed by atoms with van der Waals surface area (Å²) in [6.45, 7) is -0.864. The van der Waals surface area contributed by atoms with E-state index in [1.54, 1.807) is 0 Å². The number of carbonyl (C=O) groups is 1. The van der Waals surface area contributed by atoms with E-state index in [0.29, 0.717) is 0 Å². The highest BCUT2D eigenvalue weighted by atomic mass is 32.1. The van der Waals surface area contributed by atoms with Crippen LogP contribution < -0.4 is 0 Å². The molecule has 0 fully saturated rings. The fraction of sp³-hybridized carbons (Fsp3) is 0.833. The number of carbonyl (C=O) groups excluding carboxylic acids is 1. The van der Waals surface area contributed by atoms with Crippen LogP contribution in [0.3, 0.4) is 0 Å². The summed E-state index contributed by atoms with van der Waals surface area (Å²) in [6, 6.07) is 0. The Morgan fingerprint density at radius 2 is 1.83 bits per heavy atom. The first-order chi connectivity index (χ1) is 5.54. The zero-order valence-corrected chi connectivity index (χ0v) is 7.19. The second-order valence-electron chi connectivity index (χ2n) is 2.31. The van der Waals surface area contributed by atoms with Crippen molar-refractivity contribution in [2.75, 3.05) is 12.4 Å². The van der Waals surface area contributed by atoms with E-state index in [1.165, 1.54) is 0 Å². The van der Waals surface area contributed by atoms with Gasteiger partial charge in [0.2, 0.25) is 0 Å². The van der Waals surface area contributed by atoms with E-state index in [-0.39, 0.29) is 5.75 Å². The largest absolute Gasteiger partial charge is 0.389 e. The number of hydrogen-bond acceptors (Lipinski definition) is 6. The molecule has 0 amide bonds. The van der Waals surface area contributed by atoms with E-state index in [9.17, 15) is 4.79 Å². The van der Waals surface area contributed by atoms with Crippen LogP contribution in [-0.4, -0.2) is 56.9 Å². The summed E-state index contributed by atoms with van der Waals surface area (Å²) < 4.78 is 0. The molecule has 4 N–H and O–H groups in total. The summed E-state index contributed by atoms with van der Waals surface area (Å²) in [5.74, 6) is -1.000. The highest BCUT2D eigenvalue weighted by Crippen LogP contribution is 2.02. The van der Waals surface area contributed by atoms with Crippen molar-refractivity contribution in [1.82, 2.24) is 0 Å². The van der Waals surface area contributed by atoms with Crippen molar-refractivity contribution in [3.05, 3.63) is 0 Å². The van der Waals surface area contributed by atoms with Crippen LogP contribution in [0, 0.1) is 0 Å². The Kier molecular flexibility index (Phi) is 5.43. The van der Waals surface area contributed by atoms with Gasteiger partial charge in [-0.05, 0) is 0 Å². The first-order valence-electron chi connectivity index (χ1n) is 3.33. The van der Waals surface area contributed by atoms with Gasteiger partial charge in [-0.2, -0.15) is 12.6 Å². The monoisotopic (exact) mass is 196 g/mol. The van der Waals surface area contributed by atoms with Gasteiger partial charge < -0.3 is 20.4 Å². The van der Waals surface area contributed by atoms with Gasteiger partial charge in [0.05, 0.1) is 6.10 Å². The second kappa shape index (κ2) is 5.50. The molecule has 0 aromatic rings. The van der Waals surface area contributed by atoms with Crippen LogP contribution in [0.5, 0.6) is 0 Å². The summed E-state index contributed by atoms with van der Waals surface area (Å²) in [6.07, 6.45) is -4.63. The minimum absolute atomic E-state index is 0.0725. The van der Waals surface area contributed by atoms with Gasteiger partial charge in [-0.25, -0.2) is 0 Å². The van der Waals surface area contributed by atoms with E-state index in [2.05, 4.69) is 12.6 Å². The quantitative estimate of drug-likeness (QED) is 0.315. The summed E-state index contributed by atoms with van der Waals surface area (Å²) >= 11 is 3.65. The van der Waals surface area contributed by atoms with Gasteiger partial charge in [0.15, 0.2) is 5.78 Å². The number of ketones is 1. The molecule has 0 aromatic carbocycles. The van der Waals surface area contributed by atoms with Crippen molar-refractivity contribution in [3.8, 4) is 0 Å². The summed E-state index contributed by atoms with van der Waals surface area (Å²) in [4.78, 5) is 10.6. The highest BCUT2D eigenvalue weighted by Gasteiger charge is 2.28. The number of thiol groups is 1. The third kappa shape index (κ3) is 3.08. The van der Waals surface area contributed by atoms with Gasteiger partial charge in [0.1, 0.15) is 18.8 Å². The molecular weight excluding hydrogens is 184 g/mol. The highest BCUT2D eigenvalue weighted by molar-refractivity contribution is 7.80. The van der Waals surface area contributed by atoms with Gasteiger partial charge in [0.25, 0.3) is 0 Å². The predicted octanol–water partition coefficient (Wildman–Crippen LogP) is -2.44. The Morgan fingerprint density at radius 3 is 2.17 bits per heavy atom. The average molecular weight is 196 g/mol. The molecule has 0 saturated carbocycles. The molecule has 0 spiro atoms. The van der Waals surface area contributed by atoms with Gasteiger partial charge in [-0.1, -0.05) is 0 Å². The first-order valence-corrected chi connectivity index (χ1v) is 3.96.